The van der Waals surface area contributed by atoms with Gasteiger partial charge < -0.3 is 9.73 Å². The Morgan fingerprint density at radius 3 is 2.44 bits per heavy atom. The van der Waals surface area contributed by atoms with Gasteiger partial charge in [-0.05, 0) is 93.7 Å². The third-order valence-electron chi connectivity index (χ3n) is 7.08. The quantitative estimate of drug-likeness (QED) is 0.866. The van der Waals surface area contributed by atoms with Crippen molar-refractivity contribution >= 4 is 5.91 Å². The topological polar surface area (TPSA) is 60.1 Å². The molecule has 6 rings (SSSR count). The summed E-state index contributed by atoms with van der Waals surface area (Å²) in [6, 6.07) is 5.72. The summed E-state index contributed by atoms with van der Waals surface area (Å²) in [5, 5.41) is 7.65. The molecule has 4 fully saturated rings. The summed E-state index contributed by atoms with van der Waals surface area (Å²) in [7, 11) is 0. The van der Waals surface area contributed by atoms with E-state index in [9.17, 15) is 4.79 Å². The van der Waals surface area contributed by atoms with E-state index in [0.717, 1.165) is 41.4 Å². The zero-order chi connectivity index (χ0) is 18.6. The average molecular weight is 367 g/mol. The molecule has 0 radical (unpaired) electrons. The molecule has 2 aromatic rings. The Hall–Kier alpha value is -2.04. The molecule has 1 amide bonds. The monoisotopic (exact) mass is 367 g/mol. The zero-order valence-corrected chi connectivity index (χ0v) is 16.3. The van der Waals surface area contributed by atoms with Crippen molar-refractivity contribution in [2.24, 2.45) is 23.2 Å². The van der Waals surface area contributed by atoms with Crippen molar-refractivity contribution in [3.05, 3.63) is 41.1 Å². The van der Waals surface area contributed by atoms with Gasteiger partial charge in [0.2, 0.25) is 0 Å². The number of carbonyl (C=O) groups excluding carboxylic acids is 1. The molecule has 2 aromatic heterocycles. The molecule has 4 saturated carbocycles. The summed E-state index contributed by atoms with van der Waals surface area (Å²) in [6.07, 6.45) is 8.21. The van der Waals surface area contributed by atoms with E-state index in [4.69, 9.17) is 4.42 Å². The van der Waals surface area contributed by atoms with Crippen LogP contribution in [0.15, 0.2) is 22.6 Å². The first-order valence-electron chi connectivity index (χ1n) is 10.4. The highest BCUT2D eigenvalue weighted by molar-refractivity contribution is 5.91. The molecule has 5 heteroatoms. The highest BCUT2D eigenvalue weighted by atomic mass is 16.4. The number of nitrogens with one attached hydrogen (secondary N) is 1. The van der Waals surface area contributed by atoms with Gasteiger partial charge in [0.1, 0.15) is 5.76 Å². The number of amides is 1. The van der Waals surface area contributed by atoms with Crippen LogP contribution < -0.4 is 5.32 Å². The van der Waals surface area contributed by atoms with E-state index in [-0.39, 0.29) is 5.91 Å². The van der Waals surface area contributed by atoms with Crippen LogP contribution in [0.2, 0.25) is 0 Å². The maximum atomic E-state index is 12.6. The van der Waals surface area contributed by atoms with Crippen LogP contribution in [0, 0.1) is 37.0 Å². The Kier molecular flexibility index (Phi) is 3.95. The van der Waals surface area contributed by atoms with Crippen molar-refractivity contribution in [2.75, 3.05) is 6.54 Å². The van der Waals surface area contributed by atoms with Crippen molar-refractivity contribution in [1.82, 2.24) is 15.1 Å². The van der Waals surface area contributed by atoms with Gasteiger partial charge >= 0.3 is 0 Å². The molecular formula is C22H29N3O2. The number of nitrogens with zero attached hydrogens (tertiary/aromatic N) is 2. The number of carbonyl (C=O) groups is 1. The predicted molar refractivity (Wildman–Crippen MR) is 102 cm³/mol. The van der Waals surface area contributed by atoms with Crippen LogP contribution in [0.5, 0.6) is 0 Å². The molecule has 1 N–H and O–H groups in total. The Bertz CT molecular complexity index is 828. The minimum atomic E-state index is -0.0784. The lowest BCUT2D eigenvalue weighted by atomic mass is 9.49. The van der Waals surface area contributed by atoms with Gasteiger partial charge in [-0.25, -0.2) is 0 Å². The fourth-order valence-corrected chi connectivity index (χ4v) is 6.43. The van der Waals surface area contributed by atoms with Crippen molar-refractivity contribution in [3.8, 4) is 0 Å². The van der Waals surface area contributed by atoms with Crippen molar-refractivity contribution in [2.45, 2.75) is 58.9 Å². The van der Waals surface area contributed by atoms with Crippen molar-refractivity contribution in [1.29, 1.82) is 0 Å². The summed E-state index contributed by atoms with van der Waals surface area (Å²) in [5.41, 5.74) is 2.44. The van der Waals surface area contributed by atoms with Gasteiger partial charge in [-0.2, -0.15) is 5.10 Å². The average Bonchev–Trinajstić information content (AvgIpc) is 3.18. The molecule has 0 aromatic carbocycles. The molecule has 4 aliphatic carbocycles. The first-order chi connectivity index (χ1) is 13.0. The van der Waals surface area contributed by atoms with Crippen molar-refractivity contribution < 1.29 is 9.21 Å². The molecule has 0 atom stereocenters. The largest absolute Gasteiger partial charge is 0.454 e. The highest BCUT2D eigenvalue weighted by Crippen LogP contribution is 2.59. The molecule has 4 aliphatic rings. The van der Waals surface area contributed by atoms with E-state index >= 15 is 0 Å². The maximum absolute atomic E-state index is 12.6. The van der Waals surface area contributed by atoms with E-state index in [1.165, 1.54) is 38.5 Å². The number of hydrogen-bond acceptors (Lipinski definition) is 3. The molecule has 0 unspecified atom stereocenters. The summed E-state index contributed by atoms with van der Waals surface area (Å²) in [5.74, 6) is 3.82. The van der Waals surface area contributed by atoms with Crippen LogP contribution >= 0.6 is 0 Å². The molecular weight excluding hydrogens is 338 g/mol. The van der Waals surface area contributed by atoms with Crippen molar-refractivity contribution in [3.63, 3.8) is 0 Å². The van der Waals surface area contributed by atoms with E-state index in [1.807, 2.05) is 30.7 Å². The van der Waals surface area contributed by atoms with Gasteiger partial charge in [0.15, 0.2) is 5.76 Å². The zero-order valence-electron chi connectivity index (χ0n) is 16.3. The third kappa shape index (κ3) is 3.21. The number of aromatic nitrogens is 2. The maximum Gasteiger partial charge on any atom is 0.287 e. The normalized spacial score (nSPS) is 31.4. The summed E-state index contributed by atoms with van der Waals surface area (Å²) in [6.45, 7) is 5.38. The second-order valence-corrected chi connectivity index (χ2v) is 9.45. The molecule has 0 saturated heterocycles. The van der Waals surface area contributed by atoms with Gasteiger partial charge in [-0.1, -0.05) is 0 Å². The van der Waals surface area contributed by atoms with E-state index in [2.05, 4.69) is 10.4 Å². The van der Waals surface area contributed by atoms with E-state index in [0.29, 0.717) is 17.7 Å². The Morgan fingerprint density at radius 1 is 1.19 bits per heavy atom. The molecule has 144 valence electrons. The first-order valence-corrected chi connectivity index (χ1v) is 10.4. The smallest absolute Gasteiger partial charge is 0.287 e. The second kappa shape index (κ2) is 6.25. The fraction of sp³-hybridized carbons (Fsp3) is 0.636. The molecule has 0 aliphatic heterocycles. The van der Waals surface area contributed by atoms with Crippen LogP contribution in [0.4, 0.5) is 0 Å². The molecule has 27 heavy (non-hydrogen) atoms. The number of hydrogen-bond donors (Lipinski definition) is 1. The first kappa shape index (κ1) is 17.1. The van der Waals surface area contributed by atoms with Crippen LogP contribution in [0.1, 0.15) is 66.2 Å². The second-order valence-electron chi connectivity index (χ2n) is 9.45. The molecule has 2 heterocycles. The van der Waals surface area contributed by atoms with Gasteiger partial charge in [0.25, 0.3) is 5.91 Å². The highest BCUT2D eigenvalue weighted by Gasteiger charge is 2.50. The van der Waals surface area contributed by atoms with Crippen LogP contribution in [-0.2, 0) is 6.54 Å². The number of furan rings is 1. The predicted octanol–water partition coefficient (Wildman–Crippen LogP) is 4.09. The Balaban J connectivity index is 1.22. The van der Waals surface area contributed by atoms with Crippen LogP contribution in [-0.4, -0.2) is 22.2 Å². The van der Waals surface area contributed by atoms with Gasteiger partial charge in [0.05, 0.1) is 12.2 Å². The standard InChI is InChI=1S/C22H29N3O2/c1-14-5-15(2)25(24-14)12-19-3-4-20(27-19)21(26)23-13-22-9-16-6-17(10-22)8-18(7-16)11-22/h3-5,16-18H,6-13H2,1-2H3,(H,23,26). The number of aryl methyl sites for hydroxylation is 2. The van der Waals surface area contributed by atoms with Crippen LogP contribution in [0.3, 0.4) is 0 Å². The molecule has 4 bridgehead atoms. The van der Waals surface area contributed by atoms with Gasteiger partial charge in [0, 0.05) is 12.2 Å². The lowest BCUT2D eigenvalue weighted by Gasteiger charge is -2.56. The Morgan fingerprint density at radius 2 is 1.85 bits per heavy atom. The third-order valence-corrected chi connectivity index (χ3v) is 7.08. The fourth-order valence-electron chi connectivity index (χ4n) is 6.43. The molecule has 0 spiro atoms. The molecule has 5 nitrogen and oxygen atoms in total. The minimum absolute atomic E-state index is 0.0784. The van der Waals surface area contributed by atoms with E-state index in [1.54, 1.807) is 6.07 Å². The SMILES string of the molecule is Cc1cc(C)n(Cc2ccc(C(=O)NCC34CC5CC(CC(C5)C3)C4)o2)n1. The summed E-state index contributed by atoms with van der Waals surface area (Å²) < 4.78 is 7.72. The lowest BCUT2D eigenvalue weighted by Crippen LogP contribution is -2.51. The Labute approximate surface area is 160 Å². The van der Waals surface area contributed by atoms with Crippen LogP contribution in [0.25, 0.3) is 0 Å². The summed E-state index contributed by atoms with van der Waals surface area (Å²) >= 11 is 0. The van der Waals surface area contributed by atoms with Gasteiger partial charge in [-0.15, -0.1) is 0 Å². The van der Waals surface area contributed by atoms with E-state index < -0.39 is 0 Å². The minimum Gasteiger partial charge on any atom is -0.454 e. The summed E-state index contributed by atoms with van der Waals surface area (Å²) in [4.78, 5) is 12.6. The van der Waals surface area contributed by atoms with Gasteiger partial charge in [-0.3, -0.25) is 9.48 Å². The number of rotatable bonds is 5. The lowest BCUT2D eigenvalue weighted by molar-refractivity contribution is -0.0504.